The molecule has 144 valence electrons. The Morgan fingerprint density at radius 2 is 1.86 bits per heavy atom. The first-order valence-electron chi connectivity index (χ1n) is 8.91. The first kappa shape index (κ1) is 18.9. The average molecular weight is 442 g/mol. The van der Waals surface area contributed by atoms with E-state index in [0.717, 1.165) is 14.9 Å². The number of carbonyl (C=O) groups excluding carboxylic acids is 1. The summed E-state index contributed by atoms with van der Waals surface area (Å²) in [4.78, 5) is 19.1. The zero-order valence-electron chi connectivity index (χ0n) is 15.8. The van der Waals surface area contributed by atoms with Gasteiger partial charge in [-0.15, -0.1) is 0 Å². The van der Waals surface area contributed by atoms with Gasteiger partial charge >= 0.3 is 0 Å². The minimum absolute atomic E-state index is 0.219. The number of nitrogens with zero attached hydrogens (tertiary/aromatic N) is 1. The van der Waals surface area contributed by atoms with Gasteiger partial charge in [-0.05, 0) is 56.7 Å². The molecule has 0 aliphatic carbocycles. The fraction of sp³-hybridized carbons (Fsp3) is 0.227. The van der Waals surface area contributed by atoms with Crippen LogP contribution in [0.5, 0.6) is 0 Å². The topological polar surface area (TPSA) is 62.9 Å². The zero-order chi connectivity index (χ0) is 20.1. The Kier molecular flexibility index (Phi) is 4.45. The predicted molar refractivity (Wildman–Crippen MR) is 110 cm³/mol. The van der Waals surface area contributed by atoms with Gasteiger partial charge in [0, 0.05) is 9.86 Å². The molecule has 1 unspecified atom stereocenters. The van der Waals surface area contributed by atoms with E-state index in [4.69, 9.17) is 9.25 Å². The van der Waals surface area contributed by atoms with Crippen LogP contribution < -0.4 is 0 Å². The molecule has 3 aromatic rings. The summed E-state index contributed by atoms with van der Waals surface area (Å²) in [5.41, 5.74) is -0.919. The second-order valence-electron chi connectivity index (χ2n) is 7.75. The lowest BCUT2D eigenvalue weighted by Gasteiger charge is -2.35. The molecular weight excluding hydrogens is 422 g/mol. The third-order valence-electron chi connectivity index (χ3n) is 4.36. The number of hydrogen-bond donors (Lipinski definition) is 1. The second kappa shape index (κ2) is 6.58. The van der Waals surface area contributed by atoms with Crippen LogP contribution in [0.15, 0.2) is 69.6 Å². The lowest BCUT2D eigenvalue weighted by Crippen LogP contribution is -2.47. The molecule has 2 heterocycles. The number of amides is 1. The molecule has 0 fully saturated rings. The van der Waals surface area contributed by atoms with Crippen molar-refractivity contribution in [1.82, 2.24) is 5.06 Å². The monoisotopic (exact) mass is 441 g/mol. The molecule has 4 rings (SSSR count). The minimum Gasteiger partial charge on any atom is -0.455 e. The number of furan rings is 1. The van der Waals surface area contributed by atoms with E-state index in [-0.39, 0.29) is 5.76 Å². The summed E-state index contributed by atoms with van der Waals surface area (Å²) in [6.07, 6.45) is 1.49. The Morgan fingerprint density at radius 1 is 1.11 bits per heavy atom. The van der Waals surface area contributed by atoms with E-state index in [1.807, 2.05) is 69.3 Å². The van der Waals surface area contributed by atoms with Crippen molar-refractivity contribution < 1.29 is 19.2 Å². The molecule has 1 aliphatic heterocycles. The van der Waals surface area contributed by atoms with Crippen LogP contribution in [0, 0.1) is 0 Å². The normalized spacial score (nSPS) is 20.1. The summed E-state index contributed by atoms with van der Waals surface area (Å²) in [5, 5.41) is 13.4. The number of fused-ring (bicyclic) bond motifs is 1. The number of hydroxylamine groups is 2. The van der Waals surface area contributed by atoms with Crippen molar-refractivity contribution in [2.75, 3.05) is 0 Å². The smallest absolute Gasteiger partial charge is 0.281 e. The third-order valence-corrected chi connectivity index (χ3v) is 4.85. The van der Waals surface area contributed by atoms with Crippen LogP contribution in [0.2, 0.25) is 0 Å². The van der Waals surface area contributed by atoms with Crippen molar-refractivity contribution >= 4 is 38.4 Å². The van der Waals surface area contributed by atoms with Gasteiger partial charge in [-0.1, -0.05) is 46.3 Å². The molecule has 28 heavy (non-hydrogen) atoms. The molecule has 0 saturated heterocycles. The molecule has 1 atom stereocenters. The SMILES string of the molecule is CC(C)(C)ON1C(=O)C(c2cccc(Br)c2)=CC1(O)c1cc2ccccc2o1. The molecule has 1 amide bonds. The number of aliphatic hydroxyl groups is 1. The van der Waals surface area contributed by atoms with Crippen molar-refractivity contribution in [2.24, 2.45) is 0 Å². The van der Waals surface area contributed by atoms with Crippen molar-refractivity contribution in [3.05, 3.63) is 76.5 Å². The van der Waals surface area contributed by atoms with Crippen molar-refractivity contribution in [3.8, 4) is 0 Å². The summed E-state index contributed by atoms with van der Waals surface area (Å²) >= 11 is 3.43. The van der Waals surface area contributed by atoms with Gasteiger partial charge in [0.15, 0.2) is 5.76 Å². The number of rotatable bonds is 3. The van der Waals surface area contributed by atoms with Crippen LogP contribution >= 0.6 is 15.9 Å². The zero-order valence-corrected chi connectivity index (χ0v) is 17.4. The van der Waals surface area contributed by atoms with Crippen molar-refractivity contribution in [3.63, 3.8) is 0 Å². The highest BCUT2D eigenvalue weighted by Crippen LogP contribution is 2.42. The molecule has 1 N–H and O–H groups in total. The lowest BCUT2D eigenvalue weighted by molar-refractivity contribution is -0.299. The van der Waals surface area contributed by atoms with Gasteiger partial charge in [0.05, 0.1) is 11.2 Å². The fourth-order valence-electron chi connectivity index (χ4n) is 3.17. The number of benzene rings is 2. The molecule has 2 aromatic carbocycles. The van der Waals surface area contributed by atoms with Gasteiger partial charge in [-0.3, -0.25) is 9.63 Å². The lowest BCUT2D eigenvalue weighted by atomic mass is 10.0. The van der Waals surface area contributed by atoms with E-state index in [1.54, 1.807) is 6.07 Å². The van der Waals surface area contributed by atoms with Crippen LogP contribution in [-0.2, 0) is 15.4 Å². The van der Waals surface area contributed by atoms with E-state index in [2.05, 4.69) is 15.9 Å². The van der Waals surface area contributed by atoms with Crippen LogP contribution in [-0.4, -0.2) is 21.7 Å². The van der Waals surface area contributed by atoms with E-state index in [9.17, 15) is 9.90 Å². The summed E-state index contributed by atoms with van der Waals surface area (Å²) in [5.74, 6) is -0.215. The highest BCUT2D eigenvalue weighted by Gasteiger charge is 2.50. The van der Waals surface area contributed by atoms with Crippen LogP contribution in [0.4, 0.5) is 0 Å². The molecule has 0 spiro atoms. The van der Waals surface area contributed by atoms with Gasteiger partial charge < -0.3 is 9.52 Å². The Balaban J connectivity index is 1.87. The van der Waals surface area contributed by atoms with Gasteiger partial charge in [0.1, 0.15) is 5.58 Å². The maximum Gasteiger partial charge on any atom is 0.281 e. The van der Waals surface area contributed by atoms with Crippen molar-refractivity contribution in [1.29, 1.82) is 0 Å². The van der Waals surface area contributed by atoms with Gasteiger partial charge in [0.25, 0.3) is 5.91 Å². The fourth-order valence-corrected chi connectivity index (χ4v) is 3.57. The van der Waals surface area contributed by atoms with E-state index in [1.165, 1.54) is 6.08 Å². The number of para-hydroxylation sites is 1. The summed E-state index contributed by atoms with van der Waals surface area (Å²) < 4.78 is 6.71. The van der Waals surface area contributed by atoms with E-state index in [0.29, 0.717) is 16.7 Å². The molecule has 1 aromatic heterocycles. The quantitative estimate of drug-likeness (QED) is 0.621. The number of hydrogen-bond acceptors (Lipinski definition) is 4. The van der Waals surface area contributed by atoms with Crippen LogP contribution in [0.25, 0.3) is 16.5 Å². The summed E-state index contributed by atoms with van der Waals surface area (Å²) in [6.45, 7) is 5.45. The molecule has 0 bridgehead atoms. The highest BCUT2D eigenvalue weighted by molar-refractivity contribution is 9.10. The van der Waals surface area contributed by atoms with E-state index >= 15 is 0 Å². The minimum atomic E-state index is -1.86. The highest BCUT2D eigenvalue weighted by atomic mass is 79.9. The van der Waals surface area contributed by atoms with Crippen LogP contribution in [0.3, 0.4) is 0 Å². The standard InChI is InChI=1S/C22H20BrNO4/c1-21(2,3)28-24-20(25)17(14-8-6-9-16(23)11-14)13-22(24,26)19-12-15-7-4-5-10-18(15)27-19/h4-13,26H,1-3H3. The molecule has 0 radical (unpaired) electrons. The first-order valence-corrected chi connectivity index (χ1v) is 9.71. The Morgan fingerprint density at radius 3 is 2.54 bits per heavy atom. The molecule has 0 saturated carbocycles. The van der Waals surface area contributed by atoms with E-state index < -0.39 is 17.2 Å². The van der Waals surface area contributed by atoms with Crippen LogP contribution in [0.1, 0.15) is 32.1 Å². The van der Waals surface area contributed by atoms with Gasteiger partial charge in [-0.2, -0.15) is 5.06 Å². The van der Waals surface area contributed by atoms with Crippen molar-refractivity contribution in [2.45, 2.75) is 32.1 Å². The molecular formula is C22H20BrNO4. The molecule has 6 heteroatoms. The van der Waals surface area contributed by atoms with Gasteiger partial charge in [0.2, 0.25) is 5.72 Å². The number of halogens is 1. The summed E-state index contributed by atoms with van der Waals surface area (Å²) in [6, 6.07) is 16.5. The number of carbonyl (C=O) groups is 1. The first-order chi connectivity index (χ1) is 13.2. The largest absolute Gasteiger partial charge is 0.455 e. The Hall–Kier alpha value is -2.41. The molecule has 1 aliphatic rings. The third kappa shape index (κ3) is 3.28. The maximum absolute atomic E-state index is 13.2. The Labute approximate surface area is 171 Å². The second-order valence-corrected chi connectivity index (χ2v) is 8.66. The Bertz CT molecular complexity index is 1060. The molecule has 5 nitrogen and oxygen atoms in total. The maximum atomic E-state index is 13.2. The summed E-state index contributed by atoms with van der Waals surface area (Å²) in [7, 11) is 0. The predicted octanol–water partition coefficient (Wildman–Crippen LogP) is 5.00. The van der Waals surface area contributed by atoms with Gasteiger partial charge in [-0.25, -0.2) is 0 Å². The average Bonchev–Trinajstić information content (AvgIpc) is 3.17.